The fourth-order valence-corrected chi connectivity index (χ4v) is 1.84. The van der Waals surface area contributed by atoms with Crippen molar-refractivity contribution in [3.8, 4) is 5.75 Å². The van der Waals surface area contributed by atoms with Crippen molar-refractivity contribution in [1.29, 1.82) is 0 Å². The second-order valence-corrected chi connectivity index (χ2v) is 4.61. The van der Waals surface area contributed by atoms with Gasteiger partial charge in [0.1, 0.15) is 12.4 Å². The number of ether oxygens (including phenoxy) is 1. The van der Waals surface area contributed by atoms with Gasteiger partial charge < -0.3 is 4.74 Å². The molecule has 2 heteroatoms. The van der Waals surface area contributed by atoms with E-state index in [1.165, 1.54) is 6.92 Å². The number of carbonyl (C=O) groups excluding carboxylic acids is 1. The molecule has 0 aliphatic carbocycles. The maximum Gasteiger partial charge on any atom is 0.152 e. The first-order chi connectivity index (χ1) is 10.3. The minimum absolute atomic E-state index is 0.0220. The van der Waals surface area contributed by atoms with Crippen LogP contribution in [-0.4, -0.2) is 12.4 Å². The maximum atomic E-state index is 11.0. The summed E-state index contributed by atoms with van der Waals surface area (Å²) in [6.45, 7) is 2.02. The molecule has 0 N–H and O–H groups in total. The average Bonchev–Trinajstić information content (AvgIpc) is 2.51. The molecule has 0 aliphatic heterocycles. The fraction of sp³-hybridized carbons (Fsp3) is 0.105. The first-order valence-corrected chi connectivity index (χ1v) is 6.88. The molecular weight excluding hydrogens is 260 g/mol. The van der Waals surface area contributed by atoms with Crippen molar-refractivity contribution < 1.29 is 9.53 Å². The van der Waals surface area contributed by atoms with Crippen molar-refractivity contribution in [2.45, 2.75) is 6.92 Å². The lowest BCUT2D eigenvalue weighted by molar-refractivity contribution is -0.112. The third kappa shape index (κ3) is 5.11. The number of allylic oxidation sites excluding steroid dienone is 1. The molecule has 0 radical (unpaired) electrons. The van der Waals surface area contributed by atoms with Gasteiger partial charge >= 0.3 is 0 Å². The van der Waals surface area contributed by atoms with Gasteiger partial charge in [-0.05, 0) is 36.8 Å². The molecule has 2 nitrogen and oxygen atoms in total. The molecule has 0 heterocycles. The number of carbonyl (C=O) groups is 1. The van der Waals surface area contributed by atoms with Crippen LogP contribution in [0.15, 0.2) is 66.7 Å². The van der Waals surface area contributed by atoms with E-state index in [4.69, 9.17) is 4.74 Å². The summed E-state index contributed by atoms with van der Waals surface area (Å²) in [6, 6.07) is 17.7. The van der Waals surface area contributed by atoms with Crippen LogP contribution in [0.1, 0.15) is 18.1 Å². The normalized spacial score (nSPS) is 11.1. The summed E-state index contributed by atoms with van der Waals surface area (Å²) in [5.41, 5.74) is 2.05. The molecule has 0 fully saturated rings. The Morgan fingerprint density at radius 3 is 2.48 bits per heavy atom. The van der Waals surface area contributed by atoms with Gasteiger partial charge in [-0.25, -0.2) is 0 Å². The quantitative estimate of drug-likeness (QED) is 0.733. The molecule has 0 amide bonds. The topological polar surface area (TPSA) is 26.3 Å². The zero-order valence-corrected chi connectivity index (χ0v) is 12.0. The Morgan fingerprint density at radius 2 is 1.71 bits per heavy atom. The minimum atomic E-state index is 0.0220. The Labute approximate surface area is 125 Å². The minimum Gasteiger partial charge on any atom is -0.489 e. The van der Waals surface area contributed by atoms with E-state index < -0.39 is 0 Å². The first-order valence-electron chi connectivity index (χ1n) is 6.88. The summed E-state index contributed by atoms with van der Waals surface area (Å²) in [7, 11) is 0. The van der Waals surface area contributed by atoms with E-state index in [0.717, 1.165) is 16.9 Å². The van der Waals surface area contributed by atoms with Crippen molar-refractivity contribution in [3.63, 3.8) is 0 Å². The lowest BCUT2D eigenvalue weighted by Gasteiger charge is -2.06. The highest BCUT2D eigenvalue weighted by atomic mass is 16.5. The van der Waals surface area contributed by atoms with Crippen molar-refractivity contribution >= 4 is 17.9 Å². The molecular formula is C19H18O2. The van der Waals surface area contributed by atoms with E-state index in [-0.39, 0.29) is 5.78 Å². The third-order valence-electron chi connectivity index (χ3n) is 2.86. The monoisotopic (exact) mass is 278 g/mol. The van der Waals surface area contributed by atoms with Gasteiger partial charge in [-0.2, -0.15) is 0 Å². The number of hydrogen-bond acceptors (Lipinski definition) is 2. The van der Waals surface area contributed by atoms with E-state index in [0.29, 0.717) is 6.61 Å². The lowest BCUT2D eigenvalue weighted by atomic mass is 10.2. The third-order valence-corrected chi connectivity index (χ3v) is 2.86. The van der Waals surface area contributed by atoms with Crippen molar-refractivity contribution in [2.75, 3.05) is 6.61 Å². The summed E-state index contributed by atoms with van der Waals surface area (Å²) >= 11 is 0. The van der Waals surface area contributed by atoms with Crippen LogP contribution in [0.25, 0.3) is 12.2 Å². The lowest BCUT2D eigenvalue weighted by Crippen LogP contribution is -1.95. The van der Waals surface area contributed by atoms with E-state index in [1.54, 1.807) is 12.2 Å². The van der Waals surface area contributed by atoms with Gasteiger partial charge in [-0.1, -0.05) is 54.6 Å². The number of ketones is 1. The smallest absolute Gasteiger partial charge is 0.152 e. The van der Waals surface area contributed by atoms with Gasteiger partial charge in [-0.15, -0.1) is 0 Å². The van der Waals surface area contributed by atoms with Crippen molar-refractivity contribution in [1.82, 2.24) is 0 Å². The zero-order chi connectivity index (χ0) is 14.9. The molecule has 2 aromatic rings. The second kappa shape index (κ2) is 7.85. The van der Waals surface area contributed by atoms with E-state index in [9.17, 15) is 4.79 Å². The number of para-hydroxylation sites is 1. The molecule has 0 aliphatic rings. The predicted octanol–water partition coefficient (Wildman–Crippen LogP) is 4.38. The largest absolute Gasteiger partial charge is 0.489 e. The highest BCUT2D eigenvalue weighted by molar-refractivity contribution is 5.91. The van der Waals surface area contributed by atoms with Crippen LogP contribution < -0.4 is 4.74 Å². The standard InChI is InChI=1S/C19H18O2/c1-16(20)13-14-18-11-5-6-12-19(18)21-15-7-10-17-8-3-2-4-9-17/h2-14H,15H2,1H3/b10-7+,14-13+. The molecule has 21 heavy (non-hydrogen) atoms. The molecule has 2 rings (SSSR count). The number of hydrogen-bond donors (Lipinski definition) is 0. The van der Waals surface area contributed by atoms with Crippen LogP contribution in [-0.2, 0) is 4.79 Å². The SMILES string of the molecule is CC(=O)/C=C/c1ccccc1OC/C=C/c1ccccc1. The van der Waals surface area contributed by atoms with E-state index >= 15 is 0 Å². The van der Waals surface area contributed by atoms with Gasteiger partial charge in [0.05, 0.1) is 0 Å². The van der Waals surface area contributed by atoms with Crippen LogP contribution in [0.4, 0.5) is 0 Å². The van der Waals surface area contributed by atoms with Crippen molar-refractivity contribution in [2.24, 2.45) is 0 Å². The highest BCUT2D eigenvalue weighted by Gasteiger charge is 1.98. The van der Waals surface area contributed by atoms with Crippen LogP contribution in [0.5, 0.6) is 5.75 Å². The number of rotatable bonds is 6. The Kier molecular flexibility index (Phi) is 5.53. The Hall–Kier alpha value is -2.61. The molecule has 0 saturated heterocycles. The van der Waals surface area contributed by atoms with Crippen LogP contribution in [0, 0.1) is 0 Å². The molecule has 0 spiro atoms. The molecule has 0 saturated carbocycles. The Bertz CT molecular complexity index is 640. The van der Waals surface area contributed by atoms with Gasteiger partial charge in [-0.3, -0.25) is 4.79 Å². The van der Waals surface area contributed by atoms with Gasteiger partial charge in [0.15, 0.2) is 5.78 Å². The van der Waals surface area contributed by atoms with E-state index in [1.807, 2.05) is 66.7 Å². The van der Waals surface area contributed by atoms with Gasteiger partial charge in [0, 0.05) is 5.56 Å². The maximum absolute atomic E-state index is 11.0. The summed E-state index contributed by atoms with van der Waals surface area (Å²) in [6.07, 6.45) is 7.31. The van der Waals surface area contributed by atoms with Crippen molar-refractivity contribution in [3.05, 3.63) is 77.9 Å². The first kappa shape index (κ1) is 14.8. The highest BCUT2D eigenvalue weighted by Crippen LogP contribution is 2.19. The molecule has 0 atom stereocenters. The fourth-order valence-electron chi connectivity index (χ4n) is 1.84. The molecule has 0 unspecified atom stereocenters. The van der Waals surface area contributed by atoms with Crippen LogP contribution in [0.3, 0.4) is 0 Å². The summed E-state index contributed by atoms with van der Waals surface area (Å²) in [4.78, 5) is 11.0. The average molecular weight is 278 g/mol. The second-order valence-electron chi connectivity index (χ2n) is 4.61. The van der Waals surface area contributed by atoms with Gasteiger partial charge in [0.25, 0.3) is 0 Å². The van der Waals surface area contributed by atoms with Crippen LogP contribution in [0.2, 0.25) is 0 Å². The molecule has 106 valence electrons. The summed E-state index contributed by atoms with van der Waals surface area (Å²) in [5.74, 6) is 0.793. The molecule has 2 aromatic carbocycles. The van der Waals surface area contributed by atoms with Crippen LogP contribution >= 0.6 is 0 Å². The molecule has 0 bridgehead atoms. The predicted molar refractivity (Wildman–Crippen MR) is 87.1 cm³/mol. The summed E-state index contributed by atoms with van der Waals surface area (Å²) in [5, 5.41) is 0. The Morgan fingerprint density at radius 1 is 1.00 bits per heavy atom. The molecule has 0 aromatic heterocycles. The zero-order valence-electron chi connectivity index (χ0n) is 12.0. The Balaban J connectivity index is 1.97. The number of benzene rings is 2. The van der Waals surface area contributed by atoms with E-state index in [2.05, 4.69) is 0 Å². The van der Waals surface area contributed by atoms with Gasteiger partial charge in [0.2, 0.25) is 0 Å². The summed E-state index contributed by atoms with van der Waals surface area (Å²) < 4.78 is 5.74.